The van der Waals surface area contributed by atoms with Crippen LogP contribution in [0.4, 0.5) is 0 Å². The lowest BCUT2D eigenvalue weighted by Gasteiger charge is -2.19. The second-order valence-electron chi connectivity index (χ2n) is 5.54. The standard InChI is InChI=1S/C12H19N5O/c1-12(2,3)11-8(7-16(4)14-11)10(18)9-6-13-15-17(9)5/h6-7,10,18H,1-5H3. The molecule has 0 saturated heterocycles. The van der Waals surface area contributed by atoms with E-state index in [1.807, 2.05) is 13.2 Å². The number of nitrogens with zero attached hydrogens (tertiary/aromatic N) is 5. The van der Waals surface area contributed by atoms with E-state index >= 15 is 0 Å². The SMILES string of the molecule is Cn1cc(C(O)c2cnnn2C)c(C(C)(C)C)n1. The Balaban J connectivity index is 2.49. The first-order chi connectivity index (χ1) is 8.30. The Morgan fingerprint density at radius 1 is 1.28 bits per heavy atom. The second kappa shape index (κ2) is 4.20. The molecule has 0 fully saturated rings. The molecule has 0 aliphatic carbocycles. The molecule has 1 N–H and O–H groups in total. The summed E-state index contributed by atoms with van der Waals surface area (Å²) in [4.78, 5) is 0. The van der Waals surface area contributed by atoms with Crippen molar-refractivity contribution in [3.63, 3.8) is 0 Å². The van der Waals surface area contributed by atoms with E-state index in [0.717, 1.165) is 11.3 Å². The summed E-state index contributed by atoms with van der Waals surface area (Å²) in [6.45, 7) is 6.23. The van der Waals surface area contributed by atoms with Crippen LogP contribution in [0.3, 0.4) is 0 Å². The van der Waals surface area contributed by atoms with Gasteiger partial charge in [-0.2, -0.15) is 5.10 Å². The van der Waals surface area contributed by atoms with Gasteiger partial charge >= 0.3 is 0 Å². The fourth-order valence-electron chi connectivity index (χ4n) is 1.99. The summed E-state index contributed by atoms with van der Waals surface area (Å²) in [6.07, 6.45) is 2.66. The Hall–Kier alpha value is -1.69. The van der Waals surface area contributed by atoms with E-state index < -0.39 is 6.10 Å². The van der Waals surface area contributed by atoms with Crippen molar-refractivity contribution in [3.8, 4) is 0 Å². The van der Waals surface area contributed by atoms with Crippen LogP contribution in [0.25, 0.3) is 0 Å². The maximum absolute atomic E-state index is 10.5. The van der Waals surface area contributed by atoms with Gasteiger partial charge < -0.3 is 5.11 Å². The molecule has 0 aliphatic heterocycles. The molecule has 0 saturated carbocycles. The second-order valence-corrected chi connectivity index (χ2v) is 5.54. The van der Waals surface area contributed by atoms with Gasteiger partial charge in [-0.15, -0.1) is 5.10 Å². The molecule has 0 bridgehead atoms. The lowest BCUT2D eigenvalue weighted by Crippen LogP contribution is -2.17. The summed E-state index contributed by atoms with van der Waals surface area (Å²) in [7, 11) is 3.62. The Labute approximate surface area is 106 Å². The highest BCUT2D eigenvalue weighted by molar-refractivity contribution is 5.30. The van der Waals surface area contributed by atoms with Crippen LogP contribution in [0.15, 0.2) is 12.4 Å². The zero-order valence-corrected chi connectivity index (χ0v) is 11.4. The zero-order valence-electron chi connectivity index (χ0n) is 11.4. The minimum atomic E-state index is -0.757. The number of hydrogen-bond acceptors (Lipinski definition) is 4. The Morgan fingerprint density at radius 3 is 2.44 bits per heavy atom. The van der Waals surface area contributed by atoms with E-state index in [1.54, 1.807) is 22.6 Å². The monoisotopic (exact) mass is 249 g/mol. The maximum atomic E-state index is 10.5. The van der Waals surface area contributed by atoms with Gasteiger partial charge in [0, 0.05) is 31.3 Å². The third kappa shape index (κ3) is 2.15. The number of rotatable bonds is 2. The highest BCUT2D eigenvalue weighted by Crippen LogP contribution is 2.31. The van der Waals surface area contributed by atoms with Crippen LogP contribution in [0.1, 0.15) is 43.8 Å². The van der Waals surface area contributed by atoms with E-state index in [0.29, 0.717) is 5.69 Å². The van der Waals surface area contributed by atoms with Crippen molar-refractivity contribution in [2.45, 2.75) is 32.3 Å². The molecule has 0 amide bonds. The first-order valence-electron chi connectivity index (χ1n) is 5.87. The van der Waals surface area contributed by atoms with Crippen molar-refractivity contribution < 1.29 is 5.11 Å². The first kappa shape index (κ1) is 12.8. The van der Waals surface area contributed by atoms with Gasteiger partial charge in [0.2, 0.25) is 0 Å². The van der Waals surface area contributed by atoms with Gasteiger partial charge in [0.25, 0.3) is 0 Å². The molecule has 98 valence electrons. The van der Waals surface area contributed by atoms with Gasteiger partial charge in [-0.05, 0) is 0 Å². The summed E-state index contributed by atoms with van der Waals surface area (Å²) in [5.74, 6) is 0. The zero-order chi connectivity index (χ0) is 13.5. The number of aliphatic hydroxyl groups excluding tert-OH is 1. The van der Waals surface area contributed by atoms with Gasteiger partial charge in [-0.1, -0.05) is 26.0 Å². The van der Waals surface area contributed by atoms with E-state index in [4.69, 9.17) is 0 Å². The molecule has 1 unspecified atom stereocenters. The van der Waals surface area contributed by atoms with Gasteiger partial charge in [0.15, 0.2) is 0 Å². The average Bonchev–Trinajstić information content (AvgIpc) is 2.82. The molecule has 18 heavy (non-hydrogen) atoms. The minimum Gasteiger partial charge on any atom is -0.382 e. The van der Waals surface area contributed by atoms with Crippen molar-refractivity contribution in [3.05, 3.63) is 29.3 Å². The molecule has 6 nitrogen and oxygen atoms in total. The Bertz CT molecular complexity index is 549. The van der Waals surface area contributed by atoms with Crippen LogP contribution in [0.5, 0.6) is 0 Å². The molecular formula is C12H19N5O. The third-order valence-electron chi connectivity index (χ3n) is 2.89. The average molecular weight is 249 g/mol. The summed E-state index contributed by atoms with van der Waals surface area (Å²) >= 11 is 0. The van der Waals surface area contributed by atoms with Crippen LogP contribution >= 0.6 is 0 Å². The van der Waals surface area contributed by atoms with Crippen LogP contribution < -0.4 is 0 Å². The first-order valence-corrected chi connectivity index (χ1v) is 5.87. The highest BCUT2D eigenvalue weighted by atomic mass is 16.3. The quantitative estimate of drug-likeness (QED) is 0.859. The fraction of sp³-hybridized carbons (Fsp3) is 0.583. The lowest BCUT2D eigenvalue weighted by atomic mass is 9.87. The number of aliphatic hydroxyl groups is 1. The van der Waals surface area contributed by atoms with Crippen LogP contribution in [0, 0.1) is 0 Å². The molecule has 2 aromatic rings. The maximum Gasteiger partial charge on any atom is 0.126 e. The molecule has 2 aromatic heterocycles. The topological polar surface area (TPSA) is 68.8 Å². The molecular weight excluding hydrogens is 230 g/mol. The molecule has 0 spiro atoms. The smallest absolute Gasteiger partial charge is 0.126 e. The summed E-state index contributed by atoms with van der Waals surface area (Å²) in [5, 5.41) is 22.5. The predicted octanol–water partition coefficient (Wildman–Crippen LogP) is 0.928. The third-order valence-corrected chi connectivity index (χ3v) is 2.89. The predicted molar refractivity (Wildman–Crippen MR) is 67.0 cm³/mol. The molecule has 2 heterocycles. The number of aryl methyl sites for hydroxylation is 2. The van der Waals surface area contributed by atoms with Gasteiger partial charge in [0.1, 0.15) is 6.10 Å². The van der Waals surface area contributed by atoms with Crippen molar-refractivity contribution in [2.24, 2.45) is 14.1 Å². The molecule has 0 radical (unpaired) electrons. The van der Waals surface area contributed by atoms with Gasteiger partial charge in [-0.25, -0.2) is 4.68 Å². The summed E-state index contributed by atoms with van der Waals surface area (Å²) in [6, 6.07) is 0. The van der Waals surface area contributed by atoms with Crippen LogP contribution in [-0.4, -0.2) is 29.9 Å². The minimum absolute atomic E-state index is 0.121. The Kier molecular flexibility index (Phi) is 2.98. The van der Waals surface area contributed by atoms with Gasteiger partial charge in [-0.3, -0.25) is 4.68 Å². The normalized spacial score (nSPS) is 13.9. The summed E-state index contributed by atoms with van der Waals surface area (Å²) < 4.78 is 3.30. The van der Waals surface area contributed by atoms with E-state index in [2.05, 4.69) is 36.2 Å². The van der Waals surface area contributed by atoms with Crippen molar-refractivity contribution in [1.82, 2.24) is 24.8 Å². The Morgan fingerprint density at radius 2 is 1.94 bits per heavy atom. The summed E-state index contributed by atoms with van der Waals surface area (Å²) in [5.41, 5.74) is 2.23. The van der Waals surface area contributed by atoms with Gasteiger partial charge in [0.05, 0.1) is 17.6 Å². The molecule has 2 rings (SSSR count). The molecule has 0 aromatic carbocycles. The number of aromatic nitrogens is 5. The highest BCUT2D eigenvalue weighted by Gasteiger charge is 2.27. The van der Waals surface area contributed by atoms with Crippen molar-refractivity contribution >= 4 is 0 Å². The van der Waals surface area contributed by atoms with E-state index in [1.165, 1.54) is 0 Å². The van der Waals surface area contributed by atoms with E-state index in [-0.39, 0.29) is 5.41 Å². The van der Waals surface area contributed by atoms with Crippen LogP contribution in [-0.2, 0) is 19.5 Å². The fourth-order valence-corrected chi connectivity index (χ4v) is 1.99. The number of hydrogen-bond donors (Lipinski definition) is 1. The molecule has 6 heteroatoms. The molecule has 1 atom stereocenters. The van der Waals surface area contributed by atoms with E-state index in [9.17, 15) is 5.11 Å². The molecule has 0 aliphatic rings. The van der Waals surface area contributed by atoms with Crippen molar-refractivity contribution in [2.75, 3.05) is 0 Å². The van der Waals surface area contributed by atoms with Crippen molar-refractivity contribution in [1.29, 1.82) is 0 Å². The largest absolute Gasteiger partial charge is 0.382 e. The lowest BCUT2D eigenvalue weighted by molar-refractivity contribution is 0.207. The van der Waals surface area contributed by atoms with Crippen LogP contribution in [0.2, 0.25) is 0 Å².